The molecule has 1 saturated carbocycles. The zero-order chi connectivity index (χ0) is 10.2. The lowest BCUT2D eigenvalue weighted by Gasteiger charge is -2.36. The second kappa shape index (κ2) is 3.51. The van der Waals surface area contributed by atoms with Gasteiger partial charge in [-0.25, -0.2) is 0 Å². The molecule has 0 aromatic heterocycles. The molecule has 2 rings (SSSR count). The Morgan fingerprint density at radius 3 is 2.43 bits per heavy atom. The minimum absolute atomic E-state index is 0.196. The van der Waals surface area contributed by atoms with Crippen molar-refractivity contribution in [3.8, 4) is 0 Å². The highest BCUT2D eigenvalue weighted by Crippen LogP contribution is 2.50. The number of hydrogen-bond acceptors (Lipinski definition) is 3. The highest BCUT2D eigenvalue weighted by molar-refractivity contribution is 5.78. The van der Waals surface area contributed by atoms with Gasteiger partial charge in [-0.05, 0) is 19.8 Å². The second-order valence-corrected chi connectivity index (χ2v) is 4.42. The van der Waals surface area contributed by atoms with Crippen molar-refractivity contribution in [1.82, 2.24) is 10.2 Å². The van der Waals surface area contributed by atoms with Crippen LogP contribution in [-0.2, 0) is 4.79 Å². The summed E-state index contributed by atoms with van der Waals surface area (Å²) in [4.78, 5) is 13.4. The zero-order valence-corrected chi connectivity index (χ0v) is 8.62. The van der Waals surface area contributed by atoms with Crippen LogP contribution in [0.4, 0.5) is 0 Å². The summed E-state index contributed by atoms with van der Waals surface area (Å²) in [6.07, 6.45) is 1.71. The summed E-state index contributed by atoms with van der Waals surface area (Å²) in [6.45, 7) is 6.00. The van der Waals surface area contributed by atoms with Crippen molar-refractivity contribution in [1.29, 1.82) is 0 Å². The van der Waals surface area contributed by atoms with Crippen LogP contribution in [-0.4, -0.2) is 48.2 Å². The van der Waals surface area contributed by atoms with E-state index in [2.05, 4.69) is 17.1 Å². The molecule has 0 radical (unpaired) electrons. The van der Waals surface area contributed by atoms with E-state index in [9.17, 15) is 4.79 Å². The van der Waals surface area contributed by atoms with Gasteiger partial charge >= 0.3 is 5.97 Å². The molecule has 0 aromatic carbocycles. The normalized spacial score (nSPS) is 28.4. The molecule has 2 aliphatic rings. The third kappa shape index (κ3) is 1.53. The van der Waals surface area contributed by atoms with Gasteiger partial charge in [0.05, 0.1) is 5.41 Å². The van der Waals surface area contributed by atoms with Crippen LogP contribution >= 0.6 is 0 Å². The summed E-state index contributed by atoms with van der Waals surface area (Å²) in [5.41, 5.74) is -0.419. The predicted molar refractivity (Wildman–Crippen MR) is 53.2 cm³/mol. The first-order chi connectivity index (χ1) is 6.67. The molecule has 1 heterocycles. The monoisotopic (exact) mass is 198 g/mol. The summed E-state index contributed by atoms with van der Waals surface area (Å²) in [7, 11) is 0. The molecule has 2 fully saturated rings. The summed E-state index contributed by atoms with van der Waals surface area (Å²) < 4.78 is 0. The van der Waals surface area contributed by atoms with Gasteiger partial charge < -0.3 is 10.4 Å². The van der Waals surface area contributed by atoms with Crippen LogP contribution in [0.5, 0.6) is 0 Å². The van der Waals surface area contributed by atoms with Crippen molar-refractivity contribution in [2.24, 2.45) is 5.41 Å². The van der Waals surface area contributed by atoms with Crippen molar-refractivity contribution in [3.63, 3.8) is 0 Å². The molecule has 0 spiro atoms. The molecule has 14 heavy (non-hydrogen) atoms. The Balaban J connectivity index is 1.99. The number of rotatable bonds is 3. The van der Waals surface area contributed by atoms with Gasteiger partial charge in [-0.1, -0.05) is 0 Å². The van der Waals surface area contributed by atoms with Gasteiger partial charge in [0.1, 0.15) is 0 Å². The molecule has 1 aliphatic heterocycles. The zero-order valence-electron chi connectivity index (χ0n) is 8.62. The van der Waals surface area contributed by atoms with Crippen LogP contribution in [0, 0.1) is 5.41 Å². The SMILES string of the molecule is C[C@H](N1CCNCC1)C1(C(=O)O)CC1. The summed E-state index contributed by atoms with van der Waals surface area (Å²) in [6, 6.07) is 0.196. The van der Waals surface area contributed by atoms with Crippen molar-refractivity contribution < 1.29 is 9.90 Å². The molecule has 4 heteroatoms. The van der Waals surface area contributed by atoms with Crippen molar-refractivity contribution in [3.05, 3.63) is 0 Å². The standard InChI is InChI=1S/C10H18N2O2/c1-8(10(2-3-10)9(13)14)12-6-4-11-5-7-12/h8,11H,2-7H2,1H3,(H,13,14)/t8-/m0/s1. The number of piperazine rings is 1. The van der Waals surface area contributed by atoms with E-state index < -0.39 is 11.4 Å². The number of carbonyl (C=O) groups is 1. The molecule has 0 unspecified atom stereocenters. The fourth-order valence-corrected chi connectivity index (χ4v) is 2.36. The van der Waals surface area contributed by atoms with E-state index in [4.69, 9.17) is 5.11 Å². The number of carboxylic acids is 1. The Morgan fingerprint density at radius 2 is 2.00 bits per heavy atom. The topological polar surface area (TPSA) is 52.6 Å². The van der Waals surface area contributed by atoms with Gasteiger partial charge in [0, 0.05) is 32.2 Å². The Labute approximate surface area is 84.3 Å². The quantitative estimate of drug-likeness (QED) is 0.677. The molecular weight excluding hydrogens is 180 g/mol. The van der Waals surface area contributed by atoms with Crippen LogP contribution in [0.2, 0.25) is 0 Å². The average molecular weight is 198 g/mol. The number of hydrogen-bond donors (Lipinski definition) is 2. The molecule has 4 nitrogen and oxygen atoms in total. The van der Waals surface area contributed by atoms with Crippen LogP contribution in [0.1, 0.15) is 19.8 Å². The number of carboxylic acid groups (broad SMARTS) is 1. The van der Waals surface area contributed by atoms with E-state index in [0.717, 1.165) is 39.0 Å². The van der Waals surface area contributed by atoms with Crippen LogP contribution in [0.15, 0.2) is 0 Å². The molecule has 0 aromatic rings. The van der Waals surface area contributed by atoms with Crippen molar-refractivity contribution in [2.75, 3.05) is 26.2 Å². The van der Waals surface area contributed by atoms with E-state index in [-0.39, 0.29) is 6.04 Å². The third-order valence-corrected chi connectivity index (χ3v) is 3.71. The van der Waals surface area contributed by atoms with Crippen LogP contribution in [0.3, 0.4) is 0 Å². The summed E-state index contributed by atoms with van der Waals surface area (Å²) >= 11 is 0. The lowest BCUT2D eigenvalue weighted by atomic mass is 9.96. The Bertz CT molecular complexity index is 232. The molecule has 1 atom stereocenters. The summed E-state index contributed by atoms with van der Waals surface area (Å²) in [5.74, 6) is -0.608. The number of nitrogens with zero attached hydrogens (tertiary/aromatic N) is 1. The van der Waals surface area contributed by atoms with Crippen molar-refractivity contribution in [2.45, 2.75) is 25.8 Å². The first kappa shape index (κ1) is 9.93. The first-order valence-corrected chi connectivity index (χ1v) is 5.35. The van der Waals surface area contributed by atoms with E-state index in [1.54, 1.807) is 0 Å². The lowest BCUT2D eigenvalue weighted by Crippen LogP contribution is -2.51. The van der Waals surface area contributed by atoms with Crippen LogP contribution in [0.25, 0.3) is 0 Å². The van der Waals surface area contributed by atoms with E-state index in [0.29, 0.717) is 0 Å². The molecule has 2 N–H and O–H groups in total. The number of nitrogens with one attached hydrogen (secondary N) is 1. The lowest BCUT2D eigenvalue weighted by molar-refractivity contribution is -0.146. The second-order valence-electron chi connectivity index (χ2n) is 4.42. The average Bonchev–Trinajstić information content (AvgIpc) is 2.99. The summed E-state index contributed by atoms with van der Waals surface area (Å²) in [5, 5.41) is 12.4. The molecule has 1 aliphatic carbocycles. The highest BCUT2D eigenvalue weighted by Gasteiger charge is 2.55. The Kier molecular flexibility index (Phi) is 2.49. The van der Waals surface area contributed by atoms with Gasteiger partial charge in [0.25, 0.3) is 0 Å². The van der Waals surface area contributed by atoms with Gasteiger partial charge in [-0.15, -0.1) is 0 Å². The largest absolute Gasteiger partial charge is 0.481 e. The van der Waals surface area contributed by atoms with Gasteiger partial charge in [-0.3, -0.25) is 9.69 Å². The maximum Gasteiger partial charge on any atom is 0.311 e. The number of aliphatic carboxylic acids is 1. The molecule has 1 saturated heterocycles. The van der Waals surface area contributed by atoms with Crippen molar-refractivity contribution >= 4 is 5.97 Å². The van der Waals surface area contributed by atoms with E-state index >= 15 is 0 Å². The van der Waals surface area contributed by atoms with Gasteiger partial charge in [0.2, 0.25) is 0 Å². The smallest absolute Gasteiger partial charge is 0.311 e. The maximum atomic E-state index is 11.1. The maximum absolute atomic E-state index is 11.1. The minimum atomic E-state index is -0.608. The molecule has 0 amide bonds. The molecule has 0 bridgehead atoms. The Morgan fingerprint density at radius 1 is 1.43 bits per heavy atom. The fraction of sp³-hybridized carbons (Fsp3) is 0.900. The van der Waals surface area contributed by atoms with Gasteiger partial charge in [0.15, 0.2) is 0 Å². The first-order valence-electron chi connectivity index (χ1n) is 5.35. The van der Waals surface area contributed by atoms with E-state index in [1.807, 2.05) is 0 Å². The van der Waals surface area contributed by atoms with Gasteiger partial charge in [-0.2, -0.15) is 0 Å². The van der Waals surface area contributed by atoms with Crippen LogP contribution < -0.4 is 5.32 Å². The highest BCUT2D eigenvalue weighted by atomic mass is 16.4. The minimum Gasteiger partial charge on any atom is -0.481 e. The molecular formula is C10H18N2O2. The molecule has 80 valence electrons. The Hall–Kier alpha value is -0.610. The predicted octanol–water partition coefficient (Wildman–Crippen LogP) is 0.145. The fourth-order valence-electron chi connectivity index (χ4n) is 2.36. The van der Waals surface area contributed by atoms with E-state index in [1.165, 1.54) is 0 Å². The third-order valence-electron chi connectivity index (χ3n) is 3.71.